The van der Waals surface area contributed by atoms with Crippen LogP contribution in [0.2, 0.25) is 0 Å². The molecule has 0 radical (unpaired) electrons. The van der Waals surface area contributed by atoms with E-state index in [1.165, 1.54) is 11.1 Å². The molecule has 6 nitrogen and oxygen atoms in total. The first-order valence-electron chi connectivity index (χ1n) is 9.48. The van der Waals surface area contributed by atoms with Crippen LogP contribution in [-0.4, -0.2) is 63.1 Å². The zero-order chi connectivity index (χ0) is 18.9. The van der Waals surface area contributed by atoms with Crippen LogP contribution in [0.15, 0.2) is 29.3 Å². The highest BCUT2D eigenvalue weighted by Gasteiger charge is 2.21. The van der Waals surface area contributed by atoms with E-state index in [1.807, 2.05) is 7.05 Å². The third-order valence-electron chi connectivity index (χ3n) is 5.02. The molecule has 26 heavy (non-hydrogen) atoms. The number of amides is 1. The second-order valence-electron chi connectivity index (χ2n) is 7.13. The first-order chi connectivity index (χ1) is 12.5. The van der Waals surface area contributed by atoms with Gasteiger partial charge in [-0.25, -0.2) is 0 Å². The molecule has 1 aliphatic heterocycles. The van der Waals surface area contributed by atoms with Gasteiger partial charge in [0.25, 0.3) is 0 Å². The van der Waals surface area contributed by atoms with Gasteiger partial charge in [0.1, 0.15) is 0 Å². The standard InChI is InChI=1S/C20H33N5O/c1-15-5-7-17(8-6-15)16(2)13-23-20(22-4)24-18-9-11-25(12-10-18)14-19(26)21-3/h5-8,16,18H,9-14H2,1-4H3,(H,21,26)(H2,22,23,24). The van der Waals surface area contributed by atoms with Gasteiger partial charge in [-0.15, -0.1) is 0 Å². The van der Waals surface area contributed by atoms with Gasteiger partial charge in [0.05, 0.1) is 6.54 Å². The number of piperidine rings is 1. The third-order valence-corrected chi connectivity index (χ3v) is 5.02. The van der Waals surface area contributed by atoms with Crippen molar-refractivity contribution in [3.05, 3.63) is 35.4 Å². The first-order valence-corrected chi connectivity index (χ1v) is 9.48. The minimum atomic E-state index is 0.0824. The van der Waals surface area contributed by atoms with Crippen molar-refractivity contribution in [2.24, 2.45) is 4.99 Å². The largest absolute Gasteiger partial charge is 0.358 e. The molecular formula is C20H33N5O. The van der Waals surface area contributed by atoms with E-state index in [0.29, 0.717) is 18.5 Å². The van der Waals surface area contributed by atoms with E-state index >= 15 is 0 Å². The fraction of sp³-hybridized carbons (Fsp3) is 0.600. The highest BCUT2D eigenvalue weighted by molar-refractivity contribution is 5.80. The van der Waals surface area contributed by atoms with Crippen molar-refractivity contribution in [2.75, 3.05) is 40.3 Å². The van der Waals surface area contributed by atoms with Crippen LogP contribution in [0.1, 0.15) is 36.8 Å². The molecule has 1 fully saturated rings. The minimum Gasteiger partial charge on any atom is -0.358 e. The normalized spacial score (nSPS) is 17.6. The summed E-state index contributed by atoms with van der Waals surface area (Å²) in [7, 11) is 3.50. The lowest BCUT2D eigenvalue weighted by molar-refractivity contribution is -0.122. The Kier molecular flexibility index (Phi) is 7.91. The predicted octanol–water partition coefficient (Wildman–Crippen LogP) is 1.47. The number of nitrogens with zero attached hydrogens (tertiary/aromatic N) is 2. The van der Waals surface area contributed by atoms with Crippen LogP contribution in [-0.2, 0) is 4.79 Å². The van der Waals surface area contributed by atoms with Crippen LogP contribution in [0.4, 0.5) is 0 Å². The summed E-state index contributed by atoms with van der Waals surface area (Å²) in [5, 5.41) is 9.65. The smallest absolute Gasteiger partial charge is 0.233 e. The van der Waals surface area contributed by atoms with Crippen molar-refractivity contribution in [3.8, 4) is 0 Å². The molecule has 1 atom stereocenters. The second kappa shape index (κ2) is 10.2. The molecule has 0 bridgehead atoms. The molecular weight excluding hydrogens is 326 g/mol. The molecule has 1 heterocycles. The molecule has 1 unspecified atom stereocenters. The van der Waals surface area contributed by atoms with Gasteiger partial charge in [-0.05, 0) is 31.2 Å². The Morgan fingerprint density at radius 1 is 1.27 bits per heavy atom. The van der Waals surface area contributed by atoms with Gasteiger partial charge in [-0.3, -0.25) is 14.7 Å². The van der Waals surface area contributed by atoms with Gasteiger partial charge in [0.2, 0.25) is 5.91 Å². The summed E-state index contributed by atoms with van der Waals surface area (Å²) in [4.78, 5) is 18.0. The average Bonchev–Trinajstić information content (AvgIpc) is 2.66. The fourth-order valence-electron chi connectivity index (χ4n) is 3.17. The number of aryl methyl sites for hydroxylation is 1. The Labute approximate surface area is 157 Å². The molecule has 1 aromatic rings. The van der Waals surface area contributed by atoms with Crippen LogP contribution in [0.3, 0.4) is 0 Å². The van der Waals surface area contributed by atoms with E-state index < -0.39 is 0 Å². The summed E-state index contributed by atoms with van der Waals surface area (Å²) >= 11 is 0. The average molecular weight is 360 g/mol. The van der Waals surface area contributed by atoms with Gasteiger partial charge < -0.3 is 16.0 Å². The van der Waals surface area contributed by atoms with E-state index in [4.69, 9.17) is 0 Å². The molecule has 1 aromatic carbocycles. The van der Waals surface area contributed by atoms with Gasteiger partial charge in [-0.1, -0.05) is 36.8 Å². The first kappa shape index (κ1) is 20.2. The lowest BCUT2D eigenvalue weighted by Crippen LogP contribution is -2.50. The maximum absolute atomic E-state index is 11.5. The number of benzene rings is 1. The maximum Gasteiger partial charge on any atom is 0.233 e. The van der Waals surface area contributed by atoms with Crippen LogP contribution in [0, 0.1) is 6.92 Å². The summed E-state index contributed by atoms with van der Waals surface area (Å²) in [6, 6.07) is 9.11. The Hall–Kier alpha value is -2.08. The number of hydrogen-bond donors (Lipinski definition) is 3. The molecule has 2 rings (SSSR count). The maximum atomic E-state index is 11.5. The van der Waals surface area contributed by atoms with E-state index in [-0.39, 0.29) is 5.91 Å². The summed E-state index contributed by atoms with van der Waals surface area (Å²) in [6.45, 7) is 7.53. The molecule has 0 aromatic heterocycles. The lowest BCUT2D eigenvalue weighted by atomic mass is 10.00. The van der Waals surface area contributed by atoms with Crippen LogP contribution in [0.5, 0.6) is 0 Å². The number of nitrogens with one attached hydrogen (secondary N) is 3. The number of aliphatic imine (C=N–C) groups is 1. The number of likely N-dealkylation sites (tertiary alicyclic amines) is 1. The number of guanidine groups is 1. The molecule has 1 saturated heterocycles. The summed E-state index contributed by atoms with van der Waals surface area (Å²) in [6.07, 6.45) is 2.04. The quantitative estimate of drug-likeness (QED) is 0.532. The molecule has 3 N–H and O–H groups in total. The fourth-order valence-corrected chi connectivity index (χ4v) is 3.17. The molecule has 144 valence electrons. The van der Waals surface area contributed by atoms with E-state index in [2.05, 4.69) is 64.0 Å². The number of carbonyl (C=O) groups is 1. The highest BCUT2D eigenvalue weighted by atomic mass is 16.1. The number of carbonyl (C=O) groups excluding carboxylic acids is 1. The van der Waals surface area contributed by atoms with E-state index in [9.17, 15) is 4.79 Å². The summed E-state index contributed by atoms with van der Waals surface area (Å²) in [5.41, 5.74) is 2.62. The van der Waals surface area contributed by atoms with Gasteiger partial charge in [0.15, 0.2) is 5.96 Å². The summed E-state index contributed by atoms with van der Waals surface area (Å²) in [5.74, 6) is 1.36. The Bertz CT molecular complexity index is 591. The molecule has 6 heteroatoms. The highest BCUT2D eigenvalue weighted by Crippen LogP contribution is 2.15. The van der Waals surface area contributed by atoms with E-state index in [1.54, 1.807) is 7.05 Å². The third kappa shape index (κ3) is 6.33. The van der Waals surface area contributed by atoms with Gasteiger partial charge in [-0.2, -0.15) is 0 Å². The number of likely N-dealkylation sites (N-methyl/N-ethyl adjacent to an activating group) is 1. The minimum absolute atomic E-state index is 0.0824. The molecule has 0 spiro atoms. The Morgan fingerprint density at radius 2 is 1.92 bits per heavy atom. The molecule has 1 aliphatic rings. The van der Waals surface area contributed by atoms with Crippen molar-refractivity contribution < 1.29 is 4.79 Å². The van der Waals surface area contributed by atoms with Crippen LogP contribution >= 0.6 is 0 Å². The zero-order valence-corrected chi connectivity index (χ0v) is 16.5. The SMILES string of the molecule is CN=C(NCC(C)c1ccc(C)cc1)NC1CCN(CC(=O)NC)CC1. The zero-order valence-electron chi connectivity index (χ0n) is 16.5. The summed E-state index contributed by atoms with van der Waals surface area (Å²) < 4.78 is 0. The topological polar surface area (TPSA) is 68.8 Å². The number of hydrogen-bond acceptors (Lipinski definition) is 3. The predicted molar refractivity (Wildman–Crippen MR) is 108 cm³/mol. The number of rotatable bonds is 6. The Morgan fingerprint density at radius 3 is 2.50 bits per heavy atom. The van der Waals surface area contributed by atoms with Crippen molar-refractivity contribution >= 4 is 11.9 Å². The van der Waals surface area contributed by atoms with Crippen LogP contribution in [0.25, 0.3) is 0 Å². The monoisotopic (exact) mass is 359 g/mol. The van der Waals surface area contributed by atoms with Gasteiger partial charge >= 0.3 is 0 Å². The van der Waals surface area contributed by atoms with Crippen molar-refractivity contribution in [1.29, 1.82) is 0 Å². The van der Waals surface area contributed by atoms with E-state index in [0.717, 1.165) is 38.4 Å². The molecule has 0 aliphatic carbocycles. The van der Waals surface area contributed by atoms with Crippen molar-refractivity contribution in [3.63, 3.8) is 0 Å². The molecule has 0 saturated carbocycles. The van der Waals surface area contributed by atoms with Crippen molar-refractivity contribution in [2.45, 2.75) is 38.6 Å². The lowest BCUT2D eigenvalue weighted by Gasteiger charge is -2.32. The molecule has 1 amide bonds. The van der Waals surface area contributed by atoms with Crippen LogP contribution < -0.4 is 16.0 Å². The van der Waals surface area contributed by atoms with Crippen molar-refractivity contribution in [1.82, 2.24) is 20.9 Å². The second-order valence-corrected chi connectivity index (χ2v) is 7.13. The van der Waals surface area contributed by atoms with Gasteiger partial charge in [0, 0.05) is 39.8 Å². The Balaban J connectivity index is 1.74.